The summed E-state index contributed by atoms with van der Waals surface area (Å²) in [7, 11) is 0. The van der Waals surface area contributed by atoms with Gasteiger partial charge in [-0.1, -0.05) is 6.92 Å². The van der Waals surface area contributed by atoms with Gasteiger partial charge in [-0.2, -0.15) is 0 Å². The monoisotopic (exact) mass is 243 g/mol. The van der Waals surface area contributed by atoms with Crippen molar-refractivity contribution in [3.63, 3.8) is 0 Å². The fourth-order valence-electron chi connectivity index (χ4n) is 1.49. The summed E-state index contributed by atoms with van der Waals surface area (Å²) in [5.74, 6) is -0.231. The summed E-state index contributed by atoms with van der Waals surface area (Å²) in [5, 5.41) is 10.1. The Kier molecular flexibility index (Phi) is 4.77. The smallest absolute Gasteiger partial charge is 0.123 e. The van der Waals surface area contributed by atoms with Gasteiger partial charge >= 0.3 is 0 Å². The number of thioether (sulfide) groups is 1. The van der Waals surface area contributed by atoms with Gasteiger partial charge in [0.25, 0.3) is 0 Å². The predicted molar refractivity (Wildman–Crippen MR) is 66.0 cm³/mol. The summed E-state index contributed by atoms with van der Waals surface area (Å²) >= 11 is 1.61. The molecule has 0 saturated carbocycles. The highest BCUT2D eigenvalue weighted by Gasteiger charge is 2.21. The number of hydrogen-bond acceptors (Lipinski definition) is 3. The summed E-state index contributed by atoms with van der Waals surface area (Å²) < 4.78 is 12.7. The van der Waals surface area contributed by atoms with Crippen molar-refractivity contribution in [2.45, 2.75) is 36.0 Å². The largest absolute Gasteiger partial charge is 0.389 e. The molecule has 0 fully saturated rings. The molecule has 16 heavy (non-hydrogen) atoms. The van der Waals surface area contributed by atoms with Crippen LogP contribution >= 0.6 is 11.8 Å². The van der Waals surface area contributed by atoms with Crippen LogP contribution in [-0.2, 0) is 0 Å². The van der Waals surface area contributed by atoms with Crippen LogP contribution in [0.25, 0.3) is 0 Å². The highest BCUT2D eigenvalue weighted by atomic mass is 32.2. The van der Waals surface area contributed by atoms with E-state index in [4.69, 9.17) is 5.73 Å². The Balaban J connectivity index is 2.51. The molecule has 90 valence electrons. The first-order chi connectivity index (χ1) is 7.43. The summed E-state index contributed by atoms with van der Waals surface area (Å²) in [5.41, 5.74) is 4.63. The molecular weight excluding hydrogens is 225 g/mol. The lowest BCUT2D eigenvalue weighted by Gasteiger charge is -2.24. The second-order valence-electron chi connectivity index (χ2n) is 4.29. The molecule has 2 atom stereocenters. The molecule has 0 aliphatic carbocycles. The lowest BCUT2D eigenvalue weighted by Crippen LogP contribution is -2.36. The van der Waals surface area contributed by atoms with Crippen molar-refractivity contribution in [1.82, 2.24) is 0 Å². The van der Waals surface area contributed by atoms with Crippen molar-refractivity contribution in [2.75, 3.05) is 6.54 Å². The zero-order valence-electron chi connectivity index (χ0n) is 9.61. The predicted octanol–water partition coefficient (Wildman–Crippen LogP) is 2.41. The highest BCUT2D eigenvalue weighted by Crippen LogP contribution is 2.28. The first-order valence-electron chi connectivity index (χ1n) is 5.27. The van der Waals surface area contributed by atoms with Gasteiger partial charge in [0.2, 0.25) is 0 Å². The van der Waals surface area contributed by atoms with Crippen LogP contribution < -0.4 is 5.73 Å². The molecular formula is C12H18FNOS. The van der Waals surface area contributed by atoms with E-state index in [9.17, 15) is 9.50 Å². The van der Waals surface area contributed by atoms with E-state index < -0.39 is 5.60 Å². The molecule has 0 saturated heterocycles. The molecule has 2 unspecified atom stereocenters. The Morgan fingerprint density at radius 1 is 1.44 bits per heavy atom. The van der Waals surface area contributed by atoms with E-state index in [-0.39, 0.29) is 17.6 Å². The maximum atomic E-state index is 12.7. The first kappa shape index (κ1) is 13.5. The van der Waals surface area contributed by atoms with E-state index in [1.807, 2.05) is 6.92 Å². The van der Waals surface area contributed by atoms with Gasteiger partial charge in [-0.3, -0.25) is 0 Å². The van der Waals surface area contributed by atoms with E-state index in [1.54, 1.807) is 30.8 Å². The van der Waals surface area contributed by atoms with Crippen molar-refractivity contribution in [3.05, 3.63) is 30.1 Å². The van der Waals surface area contributed by atoms with Gasteiger partial charge in [0, 0.05) is 16.7 Å². The van der Waals surface area contributed by atoms with Crippen LogP contribution in [-0.4, -0.2) is 22.5 Å². The molecule has 2 nitrogen and oxygen atoms in total. The van der Waals surface area contributed by atoms with Crippen LogP contribution in [0.5, 0.6) is 0 Å². The molecule has 0 amide bonds. The van der Waals surface area contributed by atoms with Gasteiger partial charge in [-0.15, -0.1) is 11.8 Å². The number of rotatable bonds is 5. The van der Waals surface area contributed by atoms with Crippen LogP contribution in [0.1, 0.15) is 20.3 Å². The Morgan fingerprint density at radius 2 is 2.00 bits per heavy atom. The fraction of sp³-hybridized carbons (Fsp3) is 0.500. The molecule has 4 heteroatoms. The van der Waals surface area contributed by atoms with E-state index in [1.165, 1.54) is 12.1 Å². The van der Waals surface area contributed by atoms with E-state index >= 15 is 0 Å². The molecule has 1 rings (SSSR count). The van der Waals surface area contributed by atoms with Crippen LogP contribution in [0.2, 0.25) is 0 Å². The first-order valence-corrected chi connectivity index (χ1v) is 6.15. The zero-order valence-corrected chi connectivity index (χ0v) is 10.4. The van der Waals surface area contributed by atoms with Gasteiger partial charge in [0.05, 0.1) is 5.60 Å². The Morgan fingerprint density at radius 3 is 2.50 bits per heavy atom. The second-order valence-corrected chi connectivity index (χ2v) is 5.80. The molecule has 3 N–H and O–H groups in total. The Labute approximate surface area is 100 Å². The van der Waals surface area contributed by atoms with Crippen LogP contribution in [0.3, 0.4) is 0 Å². The molecule has 0 heterocycles. The third-order valence-corrected chi connectivity index (χ3v) is 3.43. The SMILES string of the molecule is CC(CC(C)(O)CN)Sc1ccc(F)cc1. The van der Waals surface area contributed by atoms with Crippen LogP contribution in [0.4, 0.5) is 4.39 Å². The van der Waals surface area contributed by atoms with Crippen molar-refractivity contribution in [3.8, 4) is 0 Å². The van der Waals surface area contributed by atoms with E-state index in [2.05, 4.69) is 0 Å². The minimum Gasteiger partial charge on any atom is -0.389 e. The van der Waals surface area contributed by atoms with Crippen LogP contribution in [0.15, 0.2) is 29.2 Å². The normalized spacial score (nSPS) is 16.8. The van der Waals surface area contributed by atoms with Gasteiger partial charge in [-0.05, 0) is 37.6 Å². The number of halogens is 1. The minimum absolute atomic E-state index is 0.231. The fourth-order valence-corrected chi connectivity index (χ4v) is 2.69. The van der Waals surface area contributed by atoms with Gasteiger partial charge in [0.15, 0.2) is 0 Å². The second kappa shape index (κ2) is 5.66. The van der Waals surface area contributed by atoms with E-state index in [0.29, 0.717) is 6.42 Å². The van der Waals surface area contributed by atoms with E-state index in [0.717, 1.165) is 4.90 Å². The number of benzene rings is 1. The number of hydrogen-bond donors (Lipinski definition) is 2. The number of aliphatic hydroxyl groups is 1. The molecule has 0 radical (unpaired) electrons. The summed E-state index contributed by atoms with van der Waals surface area (Å²) in [4.78, 5) is 1.00. The average molecular weight is 243 g/mol. The average Bonchev–Trinajstić information content (AvgIpc) is 2.21. The summed E-state index contributed by atoms with van der Waals surface area (Å²) in [6, 6.07) is 6.37. The number of nitrogens with two attached hydrogens (primary N) is 1. The van der Waals surface area contributed by atoms with Gasteiger partial charge in [0.1, 0.15) is 5.82 Å². The molecule has 0 aromatic heterocycles. The topological polar surface area (TPSA) is 46.2 Å². The highest BCUT2D eigenvalue weighted by molar-refractivity contribution is 7.99. The molecule has 0 aliphatic rings. The lowest BCUT2D eigenvalue weighted by molar-refractivity contribution is 0.0608. The van der Waals surface area contributed by atoms with Crippen molar-refractivity contribution >= 4 is 11.8 Å². The van der Waals surface area contributed by atoms with Crippen molar-refractivity contribution < 1.29 is 9.50 Å². The lowest BCUT2D eigenvalue weighted by atomic mass is 10.0. The molecule has 1 aromatic rings. The van der Waals surface area contributed by atoms with Crippen molar-refractivity contribution in [2.24, 2.45) is 5.73 Å². The zero-order chi connectivity index (χ0) is 12.2. The minimum atomic E-state index is -0.827. The molecule has 0 bridgehead atoms. The third kappa shape index (κ3) is 4.51. The van der Waals surface area contributed by atoms with Crippen molar-refractivity contribution in [1.29, 1.82) is 0 Å². The standard InChI is InChI=1S/C12H18FNOS/c1-9(7-12(2,15)8-14)16-11-5-3-10(13)4-6-11/h3-6,9,15H,7-8,14H2,1-2H3. The third-order valence-electron chi connectivity index (χ3n) is 2.32. The Hall–Kier alpha value is -0.580. The maximum Gasteiger partial charge on any atom is 0.123 e. The summed E-state index contributed by atoms with van der Waals surface area (Å²) in [6.45, 7) is 4.01. The maximum absolute atomic E-state index is 12.7. The quantitative estimate of drug-likeness (QED) is 0.781. The van der Waals surface area contributed by atoms with Crippen LogP contribution in [0, 0.1) is 5.82 Å². The molecule has 1 aromatic carbocycles. The summed E-state index contributed by atoms with van der Waals surface area (Å²) in [6.07, 6.45) is 0.617. The van der Waals surface area contributed by atoms with Gasteiger partial charge in [-0.25, -0.2) is 4.39 Å². The molecule has 0 aliphatic heterocycles. The molecule has 0 spiro atoms. The van der Waals surface area contributed by atoms with Gasteiger partial charge < -0.3 is 10.8 Å². The Bertz CT molecular complexity index is 326.